The van der Waals surface area contributed by atoms with Crippen LogP contribution < -0.4 is 5.73 Å². The minimum Gasteiger partial charge on any atom is -0.478 e. The Morgan fingerprint density at radius 1 is 1.24 bits per heavy atom. The number of aliphatic carboxylic acids is 2. The first-order valence-electron chi connectivity index (χ1n) is 5.68. The van der Waals surface area contributed by atoms with E-state index < -0.39 is 18.0 Å². The van der Waals surface area contributed by atoms with Gasteiger partial charge in [-0.15, -0.1) is 0 Å². The van der Waals surface area contributed by atoms with Gasteiger partial charge in [-0.05, 0) is 31.8 Å². The van der Waals surface area contributed by atoms with Gasteiger partial charge in [0.25, 0.3) is 0 Å². The van der Waals surface area contributed by atoms with Gasteiger partial charge < -0.3 is 15.9 Å². The monoisotopic (exact) mass is 240 g/mol. The van der Waals surface area contributed by atoms with Crippen molar-refractivity contribution >= 4 is 11.9 Å². The quantitative estimate of drug-likeness (QED) is 0.575. The van der Waals surface area contributed by atoms with Crippen LogP contribution >= 0.6 is 0 Å². The predicted octanol–water partition coefficient (Wildman–Crippen LogP) is -0.496. The molecule has 0 aromatic carbocycles. The van der Waals surface area contributed by atoms with Gasteiger partial charge in [-0.3, -0.25) is 4.90 Å². The van der Waals surface area contributed by atoms with Gasteiger partial charge in [0, 0.05) is 12.1 Å². The molecule has 3 rings (SSSR count). The molecule has 1 unspecified atom stereocenters. The Bertz CT molecular complexity index is 370. The van der Waals surface area contributed by atoms with E-state index >= 15 is 0 Å². The van der Waals surface area contributed by atoms with Crippen molar-refractivity contribution in [1.82, 2.24) is 4.90 Å². The number of fused-ring (bicyclic) bond motifs is 3. The van der Waals surface area contributed by atoms with E-state index in [2.05, 4.69) is 0 Å². The van der Waals surface area contributed by atoms with Crippen molar-refractivity contribution in [3.63, 3.8) is 0 Å². The van der Waals surface area contributed by atoms with Crippen LogP contribution in [-0.2, 0) is 9.59 Å². The second-order valence-electron chi connectivity index (χ2n) is 4.64. The third-order valence-electron chi connectivity index (χ3n) is 3.72. The first-order valence-corrected chi connectivity index (χ1v) is 5.68. The Balaban J connectivity index is 2.30. The van der Waals surface area contributed by atoms with Gasteiger partial charge in [0.2, 0.25) is 0 Å². The first kappa shape index (κ1) is 12.1. The lowest BCUT2D eigenvalue weighted by Gasteiger charge is -2.49. The number of carbonyl (C=O) groups is 2. The fourth-order valence-corrected chi connectivity index (χ4v) is 2.89. The van der Waals surface area contributed by atoms with E-state index in [-0.39, 0.29) is 11.6 Å². The summed E-state index contributed by atoms with van der Waals surface area (Å²) in [4.78, 5) is 23.8. The summed E-state index contributed by atoms with van der Waals surface area (Å²) in [5, 5.41) is 17.8. The molecule has 6 nitrogen and oxygen atoms in total. The maximum absolute atomic E-state index is 11.1. The maximum atomic E-state index is 11.1. The number of hydrogen-bond donors (Lipinski definition) is 3. The summed E-state index contributed by atoms with van der Waals surface area (Å²) in [6, 6.07) is -0.740. The first-order chi connectivity index (χ1) is 8.00. The summed E-state index contributed by atoms with van der Waals surface area (Å²) in [5.74, 6) is -2.13. The second kappa shape index (κ2) is 4.46. The molecule has 94 valence electrons. The lowest BCUT2D eigenvalue weighted by Crippen LogP contribution is -2.62. The molecular formula is C11H16N2O4. The van der Waals surface area contributed by atoms with Crippen LogP contribution in [0.2, 0.25) is 0 Å². The Labute approximate surface area is 98.7 Å². The molecule has 0 aromatic rings. The fourth-order valence-electron chi connectivity index (χ4n) is 2.89. The number of piperidine rings is 3. The average molecular weight is 240 g/mol. The predicted molar refractivity (Wildman–Crippen MR) is 59.4 cm³/mol. The highest BCUT2D eigenvalue weighted by Gasteiger charge is 2.43. The van der Waals surface area contributed by atoms with Crippen molar-refractivity contribution in [2.24, 2.45) is 11.7 Å². The molecule has 0 amide bonds. The van der Waals surface area contributed by atoms with Crippen molar-refractivity contribution in [3.8, 4) is 0 Å². The van der Waals surface area contributed by atoms with Crippen LogP contribution in [0.4, 0.5) is 0 Å². The second-order valence-corrected chi connectivity index (χ2v) is 4.64. The number of nitrogens with two attached hydrogens (primary N) is 1. The van der Waals surface area contributed by atoms with E-state index in [4.69, 9.17) is 15.9 Å². The highest BCUT2D eigenvalue weighted by Crippen LogP contribution is 2.34. The van der Waals surface area contributed by atoms with E-state index in [0.29, 0.717) is 5.92 Å². The van der Waals surface area contributed by atoms with Crippen molar-refractivity contribution < 1.29 is 19.8 Å². The molecule has 0 aliphatic carbocycles. The SMILES string of the molecule is NC1C2CCN(CC2)[C@@H]1/C(=C/C(=O)O)C(=O)O. The average Bonchev–Trinajstić information content (AvgIpc) is 2.27. The minimum atomic E-state index is -1.24. The molecule has 3 aliphatic heterocycles. The lowest BCUT2D eigenvalue weighted by atomic mass is 9.76. The van der Waals surface area contributed by atoms with Crippen LogP contribution in [0.25, 0.3) is 0 Å². The van der Waals surface area contributed by atoms with E-state index in [9.17, 15) is 9.59 Å². The zero-order valence-electron chi connectivity index (χ0n) is 9.37. The largest absolute Gasteiger partial charge is 0.478 e. The van der Waals surface area contributed by atoms with E-state index in [1.54, 1.807) is 0 Å². The fraction of sp³-hybridized carbons (Fsp3) is 0.636. The Kier molecular flexibility index (Phi) is 3.17. The van der Waals surface area contributed by atoms with Crippen LogP contribution in [0.5, 0.6) is 0 Å². The summed E-state index contributed by atoms with van der Waals surface area (Å²) in [5.41, 5.74) is 5.94. The molecule has 2 atom stereocenters. The van der Waals surface area contributed by atoms with E-state index in [0.717, 1.165) is 32.0 Å². The zero-order valence-corrected chi connectivity index (χ0v) is 9.37. The molecule has 0 radical (unpaired) electrons. The van der Waals surface area contributed by atoms with Gasteiger partial charge in [-0.1, -0.05) is 0 Å². The molecule has 3 saturated heterocycles. The number of nitrogens with zero attached hydrogens (tertiary/aromatic N) is 1. The third kappa shape index (κ3) is 2.18. The highest BCUT2D eigenvalue weighted by molar-refractivity contribution is 5.95. The normalized spacial score (nSPS) is 36.9. The van der Waals surface area contributed by atoms with Gasteiger partial charge in [0.15, 0.2) is 0 Å². The molecule has 3 aliphatic rings. The topological polar surface area (TPSA) is 104 Å². The molecule has 2 bridgehead atoms. The summed E-state index contributed by atoms with van der Waals surface area (Å²) in [7, 11) is 0. The summed E-state index contributed by atoms with van der Waals surface area (Å²) >= 11 is 0. The lowest BCUT2D eigenvalue weighted by molar-refractivity contribution is -0.136. The number of hydrogen-bond acceptors (Lipinski definition) is 4. The Morgan fingerprint density at radius 3 is 2.24 bits per heavy atom. The molecular weight excluding hydrogens is 224 g/mol. The van der Waals surface area contributed by atoms with Crippen LogP contribution in [0.1, 0.15) is 12.8 Å². The van der Waals surface area contributed by atoms with Gasteiger partial charge in [-0.25, -0.2) is 9.59 Å². The maximum Gasteiger partial charge on any atom is 0.333 e. The number of carboxylic acid groups (broad SMARTS) is 2. The molecule has 0 aromatic heterocycles. The summed E-state index contributed by atoms with van der Waals surface area (Å²) in [6.45, 7) is 1.60. The zero-order chi connectivity index (χ0) is 12.6. The van der Waals surface area contributed by atoms with Crippen molar-refractivity contribution in [1.29, 1.82) is 0 Å². The van der Waals surface area contributed by atoms with Crippen molar-refractivity contribution in [2.75, 3.05) is 13.1 Å². The van der Waals surface area contributed by atoms with Gasteiger partial charge in [0.1, 0.15) is 0 Å². The van der Waals surface area contributed by atoms with Crippen molar-refractivity contribution in [3.05, 3.63) is 11.6 Å². The van der Waals surface area contributed by atoms with Gasteiger partial charge in [0.05, 0.1) is 11.6 Å². The summed E-state index contributed by atoms with van der Waals surface area (Å²) in [6.07, 6.45) is 2.71. The van der Waals surface area contributed by atoms with E-state index in [1.165, 1.54) is 0 Å². The van der Waals surface area contributed by atoms with E-state index in [1.807, 2.05) is 4.90 Å². The smallest absolute Gasteiger partial charge is 0.333 e. The molecule has 0 saturated carbocycles. The Hall–Kier alpha value is -1.40. The number of carboxylic acids is 2. The van der Waals surface area contributed by atoms with Gasteiger partial charge >= 0.3 is 11.9 Å². The summed E-state index contributed by atoms with van der Waals surface area (Å²) < 4.78 is 0. The van der Waals surface area contributed by atoms with Crippen molar-refractivity contribution in [2.45, 2.75) is 24.9 Å². The molecule has 4 N–H and O–H groups in total. The highest BCUT2D eigenvalue weighted by atomic mass is 16.4. The third-order valence-corrected chi connectivity index (χ3v) is 3.72. The van der Waals surface area contributed by atoms with Crippen LogP contribution in [0.15, 0.2) is 11.6 Å². The molecule has 0 spiro atoms. The van der Waals surface area contributed by atoms with Gasteiger partial charge in [-0.2, -0.15) is 0 Å². The molecule has 3 heterocycles. The number of rotatable bonds is 3. The van der Waals surface area contributed by atoms with Crippen LogP contribution in [0, 0.1) is 5.92 Å². The Morgan fingerprint density at radius 2 is 1.82 bits per heavy atom. The molecule has 3 fully saturated rings. The van der Waals surface area contributed by atoms with Crippen LogP contribution in [0.3, 0.4) is 0 Å². The standard InChI is InChI=1S/C11H16N2O4/c12-9-6-1-3-13(4-2-6)10(9)7(11(16)17)5-8(14)15/h5-6,9-10H,1-4,12H2,(H,14,15)(H,16,17)/b7-5-/t9?,10-/m1/s1. The van der Waals surface area contributed by atoms with Crippen LogP contribution in [-0.4, -0.2) is 52.2 Å². The minimum absolute atomic E-state index is 0.102. The molecule has 17 heavy (non-hydrogen) atoms. The molecule has 6 heteroatoms.